The molecule has 0 unspecified atom stereocenters. The maximum atomic E-state index is 4.98. The number of aromatic nitrogens is 6. The Morgan fingerprint density at radius 2 is 0.727 bits per heavy atom. The van der Waals surface area contributed by atoms with Gasteiger partial charge in [0.05, 0.1) is 22.8 Å². The third-order valence-electron chi connectivity index (χ3n) is 9.66. The highest BCUT2D eigenvalue weighted by Gasteiger charge is 2.15. The molecule has 0 N–H and O–H groups in total. The van der Waals surface area contributed by atoms with Crippen LogP contribution in [-0.2, 0) is 0 Å². The molecule has 7 heteroatoms. The standard InChI is InChI=1S/C48H30N6S/c1-3-11-33(12-4-1)46-52-47(34-13-5-2-6-14-34)54-48(53-46)36-22-24-45-39(28-36)38-27-35(21-23-44(38)55-45)31-17-19-32(20-18-31)37-29-42(40-15-7-9-25-49-40)51-43(30-37)41-16-8-10-26-50-41/h1-30H. The summed E-state index contributed by atoms with van der Waals surface area (Å²) in [6.45, 7) is 0. The van der Waals surface area contributed by atoms with Crippen molar-refractivity contribution in [1.82, 2.24) is 29.9 Å². The predicted molar refractivity (Wildman–Crippen MR) is 224 cm³/mol. The number of hydrogen-bond donors (Lipinski definition) is 0. The van der Waals surface area contributed by atoms with Gasteiger partial charge in [-0.25, -0.2) is 19.9 Å². The van der Waals surface area contributed by atoms with E-state index in [0.29, 0.717) is 17.5 Å². The van der Waals surface area contributed by atoms with E-state index in [-0.39, 0.29) is 0 Å². The molecule has 0 aliphatic carbocycles. The topological polar surface area (TPSA) is 77.3 Å². The van der Waals surface area contributed by atoms with Crippen molar-refractivity contribution in [3.05, 3.63) is 182 Å². The summed E-state index contributed by atoms with van der Waals surface area (Å²) in [6, 6.07) is 58.2. The molecule has 0 radical (unpaired) electrons. The monoisotopic (exact) mass is 722 g/mol. The maximum Gasteiger partial charge on any atom is 0.164 e. The molecule has 0 bridgehead atoms. The number of benzene rings is 5. The van der Waals surface area contributed by atoms with Gasteiger partial charge in [-0.2, -0.15) is 0 Å². The Labute approximate surface area is 321 Å². The van der Waals surface area contributed by atoms with Gasteiger partial charge in [0, 0.05) is 49.3 Å². The maximum absolute atomic E-state index is 4.98. The number of thiophene rings is 1. The predicted octanol–water partition coefficient (Wildman–Crippen LogP) is 12.1. The SMILES string of the molecule is c1ccc(-c2nc(-c3ccccc3)nc(-c3ccc4sc5ccc(-c6ccc(-c7cc(-c8ccccn8)nc(-c8ccccn8)c7)cc6)cc5c4c3)n2)cc1. The minimum Gasteiger partial charge on any atom is -0.255 e. The lowest BCUT2D eigenvalue weighted by Crippen LogP contribution is -2.00. The van der Waals surface area contributed by atoms with E-state index in [1.807, 2.05) is 97.1 Å². The Bertz CT molecular complexity index is 2840. The van der Waals surface area contributed by atoms with Crippen LogP contribution in [0, 0.1) is 0 Å². The van der Waals surface area contributed by atoms with Crippen LogP contribution in [-0.4, -0.2) is 29.9 Å². The van der Waals surface area contributed by atoms with E-state index in [1.165, 1.54) is 20.2 Å². The molecule has 0 amide bonds. The zero-order valence-corrected chi connectivity index (χ0v) is 30.2. The van der Waals surface area contributed by atoms with Crippen LogP contribution in [0.15, 0.2) is 182 Å². The normalized spacial score (nSPS) is 11.3. The minimum absolute atomic E-state index is 0.647. The molecule has 0 spiro atoms. The second-order valence-electron chi connectivity index (χ2n) is 13.2. The Morgan fingerprint density at radius 3 is 1.24 bits per heavy atom. The van der Waals surface area contributed by atoms with Crippen LogP contribution in [0.25, 0.3) is 99.4 Å². The zero-order valence-electron chi connectivity index (χ0n) is 29.4. The van der Waals surface area contributed by atoms with Gasteiger partial charge in [0.1, 0.15) is 0 Å². The highest BCUT2D eigenvalue weighted by Crippen LogP contribution is 2.39. The Morgan fingerprint density at radius 1 is 0.291 bits per heavy atom. The van der Waals surface area contributed by atoms with E-state index in [2.05, 4.69) is 82.8 Å². The Kier molecular flexibility index (Phi) is 8.24. The fraction of sp³-hybridized carbons (Fsp3) is 0. The van der Waals surface area contributed by atoms with Crippen molar-refractivity contribution >= 4 is 31.5 Å². The summed E-state index contributed by atoms with van der Waals surface area (Å²) in [4.78, 5) is 28.9. The largest absolute Gasteiger partial charge is 0.255 e. The number of fused-ring (bicyclic) bond motifs is 3. The average molecular weight is 723 g/mol. The fourth-order valence-electron chi connectivity index (χ4n) is 6.88. The third-order valence-corrected chi connectivity index (χ3v) is 10.8. The van der Waals surface area contributed by atoms with E-state index >= 15 is 0 Å². The van der Waals surface area contributed by atoms with Crippen molar-refractivity contribution < 1.29 is 0 Å². The molecule has 10 aromatic rings. The average Bonchev–Trinajstić information content (AvgIpc) is 3.65. The van der Waals surface area contributed by atoms with Crippen LogP contribution in [0.5, 0.6) is 0 Å². The van der Waals surface area contributed by atoms with Crippen LogP contribution >= 0.6 is 11.3 Å². The first-order chi connectivity index (χ1) is 27.2. The first-order valence-corrected chi connectivity index (χ1v) is 18.8. The lowest BCUT2D eigenvalue weighted by Gasteiger charge is -2.10. The Balaban J connectivity index is 1.02. The molecule has 10 rings (SSSR count). The van der Waals surface area contributed by atoms with Crippen molar-refractivity contribution in [2.75, 3.05) is 0 Å². The number of nitrogens with zero attached hydrogens (tertiary/aromatic N) is 6. The quantitative estimate of drug-likeness (QED) is 0.163. The van der Waals surface area contributed by atoms with E-state index in [1.54, 1.807) is 23.7 Å². The second kappa shape index (κ2) is 14.0. The molecule has 6 nitrogen and oxygen atoms in total. The summed E-state index contributed by atoms with van der Waals surface area (Å²) < 4.78 is 2.45. The van der Waals surface area contributed by atoms with Crippen LogP contribution in [0.2, 0.25) is 0 Å². The van der Waals surface area contributed by atoms with Crippen molar-refractivity contribution in [2.45, 2.75) is 0 Å². The molecule has 0 atom stereocenters. The molecular weight excluding hydrogens is 693 g/mol. The Hall–Kier alpha value is -7.22. The lowest BCUT2D eigenvalue weighted by molar-refractivity contribution is 1.07. The van der Waals surface area contributed by atoms with Crippen LogP contribution in [0.4, 0.5) is 0 Å². The van der Waals surface area contributed by atoms with Crippen LogP contribution < -0.4 is 0 Å². The summed E-state index contributed by atoms with van der Waals surface area (Å²) >= 11 is 1.80. The van der Waals surface area contributed by atoms with E-state index in [0.717, 1.165) is 61.7 Å². The molecular formula is C48H30N6S. The van der Waals surface area contributed by atoms with Crippen LogP contribution in [0.3, 0.4) is 0 Å². The summed E-state index contributed by atoms with van der Waals surface area (Å²) in [5, 5.41) is 2.39. The van der Waals surface area contributed by atoms with Gasteiger partial charge in [-0.1, -0.05) is 103 Å². The molecule has 0 saturated carbocycles. The number of pyridine rings is 3. The van der Waals surface area contributed by atoms with Gasteiger partial charge in [0.2, 0.25) is 0 Å². The van der Waals surface area contributed by atoms with Crippen molar-refractivity contribution in [3.8, 4) is 79.2 Å². The van der Waals surface area contributed by atoms with Crippen molar-refractivity contribution in [2.24, 2.45) is 0 Å². The van der Waals surface area contributed by atoms with Gasteiger partial charge >= 0.3 is 0 Å². The molecule has 0 fully saturated rings. The molecule has 5 aromatic carbocycles. The molecule has 0 aliphatic rings. The molecule has 0 aliphatic heterocycles. The first-order valence-electron chi connectivity index (χ1n) is 18.0. The molecule has 5 aromatic heterocycles. The summed E-state index contributed by atoms with van der Waals surface area (Å²) in [7, 11) is 0. The molecule has 0 saturated heterocycles. The van der Waals surface area contributed by atoms with Crippen molar-refractivity contribution in [3.63, 3.8) is 0 Å². The highest BCUT2D eigenvalue weighted by molar-refractivity contribution is 7.25. The summed E-state index contributed by atoms with van der Waals surface area (Å²) in [5.74, 6) is 1.95. The van der Waals surface area contributed by atoms with Gasteiger partial charge in [-0.3, -0.25) is 9.97 Å². The smallest absolute Gasteiger partial charge is 0.164 e. The van der Waals surface area contributed by atoms with Crippen molar-refractivity contribution in [1.29, 1.82) is 0 Å². The van der Waals surface area contributed by atoms with E-state index in [9.17, 15) is 0 Å². The first kappa shape index (κ1) is 32.4. The highest BCUT2D eigenvalue weighted by atomic mass is 32.1. The van der Waals surface area contributed by atoms with Gasteiger partial charge < -0.3 is 0 Å². The lowest BCUT2D eigenvalue weighted by atomic mass is 9.98. The summed E-state index contributed by atoms with van der Waals surface area (Å²) in [5.41, 5.74) is 10.5. The van der Waals surface area contributed by atoms with E-state index < -0.39 is 0 Å². The molecule has 258 valence electrons. The fourth-order valence-corrected chi connectivity index (χ4v) is 7.94. The van der Waals surface area contributed by atoms with Gasteiger partial charge in [0.25, 0.3) is 0 Å². The number of rotatable bonds is 7. The second-order valence-corrected chi connectivity index (χ2v) is 14.3. The van der Waals surface area contributed by atoms with Crippen LogP contribution in [0.1, 0.15) is 0 Å². The molecule has 5 heterocycles. The zero-order chi connectivity index (χ0) is 36.6. The minimum atomic E-state index is 0.647. The summed E-state index contributed by atoms with van der Waals surface area (Å²) in [6.07, 6.45) is 3.59. The van der Waals surface area contributed by atoms with Gasteiger partial charge in [0.15, 0.2) is 17.5 Å². The third kappa shape index (κ3) is 6.43. The number of hydrogen-bond acceptors (Lipinski definition) is 7. The van der Waals surface area contributed by atoms with Gasteiger partial charge in [-0.05, 0) is 89.0 Å². The molecule has 55 heavy (non-hydrogen) atoms. The van der Waals surface area contributed by atoms with E-state index in [4.69, 9.17) is 19.9 Å². The van der Waals surface area contributed by atoms with Gasteiger partial charge in [-0.15, -0.1) is 11.3 Å².